The highest BCUT2D eigenvalue weighted by molar-refractivity contribution is 7.98. The number of nitrogens with zero attached hydrogens (tertiary/aromatic N) is 1. The molecular formula is C22H29FN2O4S2. The van der Waals surface area contributed by atoms with Crippen molar-refractivity contribution in [3.8, 4) is 5.75 Å². The van der Waals surface area contributed by atoms with Crippen molar-refractivity contribution in [1.29, 1.82) is 0 Å². The van der Waals surface area contributed by atoms with Crippen molar-refractivity contribution in [1.82, 2.24) is 9.62 Å². The summed E-state index contributed by atoms with van der Waals surface area (Å²) in [5.41, 5.74) is 1.03. The SMILES string of the molecule is CSCCC(NS(=O)(=O)c1ccccc1F)C(=O)N(C)CCCOc1ccccc1C. The van der Waals surface area contributed by atoms with Crippen LogP contribution in [-0.2, 0) is 14.8 Å². The van der Waals surface area contributed by atoms with Crippen LogP contribution in [0.5, 0.6) is 5.75 Å². The quantitative estimate of drug-likeness (QED) is 0.483. The Morgan fingerprint density at radius 3 is 2.55 bits per heavy atom. The molecule has 0 saturated heterocycles. The Morgan fingerprint density at radius 1 is 1.19 bits per heavy atom. The molecule has 2 aromatic carbocycles. The van der Waals surface area contributed by atoms with E-state index in [4.69, 9.17) is 4.74 Å². The fourth-order valence-corrected chi connectivity index (χ4v) is 4.73. The van der Waals surface area contributed by atoms with Crippen LogP contribution in [0.25, 0.3) is 0 Å². The van der Waals surface area contributed by atoms with Crippen molar-refractivity contribution in [3.63, 3.8) is 0 Å². The first-order chi connectivity index (χ1) is 14.8. The summed E-state index contributed by atoms with van der Waals surface area (Å²) < 4.78 is 47.4. The van der Waals surface area contributed by atoms with Crippen LogP contribution in [0.2, 0.25) is 0 Å². The van der Waals surface area contributed by atoms with Crippen LogP contribution in [-0.4, -0.2) is 57.5 Å². The van der Waals surface area contributed by atoms with Gasteiger partial charge in [0.2, 0.25) is 15.9 Å². The fraction of sp³-hybridized carbons (Fsp3) is 0.409. The topological polar surface area (TPSA) is 75.7 Å². The van der Waals surface area contributed by atoms with Crippen LogP contribution < -0.4 is 9.46 Å². The van der Waals surface area contributed by atoms with Crippen molar-refractivity contribution in [2.45, 2.75) is 30.7 Å². The van der Waals surface area contributed by atoms with E-state index in [1.165, 1.54) is 34.9 Å². The van der Waals surface area contributed by atoms with Crippen LogP contribution in [0.1, 0.15) is 18.4 Å². The lowest BCUT2D eigenvalue weighted by molar-refractivity contribution is -0.131. The van der Waals surface area contributed by atoms with E-state index >= 15 is 0 Å². The van der Waals surface area contributed by atoms with Crippen LogP contribution >= 0.6 is 11.8 Å². The Balaban J connectivity index is 1.98. The first-order valence-corrected chi connectivity index (χ1v) is 12.8. The summed E-state index contributed by atoms with van der Waals surface area (Å²) in [5.74, 6) is 0.171. The van der Waals surface area contributed by atoms with Gasteiger partial charge in [0.05, 0.1) is 6.61 Å². The molecule has 2 rings (SSSR count). The number of hydrogen-bond acceptors (Lipinski definition) is 5. The molecule has 170 valence electrons. The van der Waals surface area contributed by atoms with Gasteiger partial charge < -0.3 is 9.64 Å². The predicted octanol–water partition coefficient (Wildman–Crippen LogP) is 3.46. The van der Waals surface area contributed by atoms with E-state index in [-0.39, 0.29) is 5.91 Å². The number of rotatable bonds is 12. The third-order valence-corrected chi connectivity index (χ3v) is 6.85. The number of nitrogens with one attached hydrogen (secondary N) is 1. The van der Waals surface area contributed by atoms with Crippen molar-refractivity contribution in [3.05, 3.63) is 59.9 Å². The summed E-state index contributed by atoms with van der Waals surface area (Å²) in [5, 5.41) is 0. The summed E-state index contributed by atoms with van der Waals surface area (Å²) in [6, 6.07) is 11.8. The number of amides is 1. The Bertz CT molecular complexity index is 969. The number of aryl methyl sites for hydroxylation is 1. The molecule has 0 aromatic heterocycles. The average molecular weight is 469 g/mol. The normalized spacial score (nSPS) is 12.4. The molecule has 6 nitrogen and oxygen atoms in total. The van der Waals surface area contributed by atoms with Gasteiger partial charge in [-0.15, -0.1) is 0 Å². The van der Waals surface area contributed by atoms with Gasteiger partial charge in [0.1, 0.15) is 22.5 Å². The summed E-state index contributed by atoms with van der Waals surface area (Å²) in [4.78, 5) is 13.9. The summed E-state index contributed by atoms with van der Waals surface area (Å²) in [7, 11) is -2.55. The molecule has 31 heavy (non-hydrogen) atoms. The zero-order valence-corrected chi connectivity index (χ0v) is 19.6. The standard InChI is InChI=1S/C22H29FN2O4S2/c1-17-9-4-6-11-20(17)29-15-8-14-25(2)22(26)19(13-16-30-3)24-31(27,28)21-12-7-5-10-18(21)23/h4-7,9-12,19,24H,8,13-16H2,1-3H3. The zero-order valence-electron chi connectivity index (χ0n) is 18.0. The van der Waals surface area contributed by atoms with Gasteiger partial charge in [0.15, 0.2) is 0 Å². The van der Waals surface area contributed by atoms with Crippen LogP contribution in [0.15, 0.2) is 53.4 Å². The van der Waals surface area contributed by atoms with Gasteiger partial charge in [-0.2, -0.15) is 16.5 Å². The maximum Gasteiger partial charge on any atom is 0.244 e. The second-order valence-corrected chi connectivity index (χ2v) is 9.78. The largest absolute Gasteiger partial charge is 0.493 e. The molecule has 2 aromatic rings. The number of carbonyl (C=O) groups excluding carboxylic acids is 1. The molecule has 0 radical (unpaired) electrons. The molecule has 0 aliphatic rings. The number of likely N-dealkylation sites (N-methyl/N-ethyl adjacent to an activating group) is 1. The number of carbonyl (C=O) groups is 1. The van der Waals surface area contributed by atoms with E-state index in [1.54, 1.807) is 7.05 Å². The number of thioether (sulfide) groups is 1. The van der Waals surface area contributed by atoms with Gasteiger partial charge in [-0.1, -0.05) is 30.3 Å². The highest BCUT2D eigenvalue weighted by Gasteiger charge is 2.29. The van der Waals surface area contributed by atoms with E-state index in [9.17, 15) is 17.6 Å². The monoisotopic (exact) mass is 468 g/mol. The van der Waals surface area contributed by atoms with Crippen LogP contribution in [0, 0.1) is 12.7 Å². The molecule has 0 saturated carbocycles. The van der Waals surface area contributed by atoms with E-state index < -0.39 is 26.8 Å². The van der Waals surface area contributed by atoms with Crippen molar-refractivity contribution in [2.24, 2.45) is 0 Å². The molecule has 0 heterocycles. The molecule has 1 N–H and O–H groups in total. The smallest absolute Gasteiger partial charge is 0.244 e. The lowest BCUT2D eigenvalue weighted by Crippen LogP contribution is -2.48. The van der Waals surface area contributed by atoms with E-state index in [0.717, 1.165) is 17.4 Å². The second kappa shape index (κ2) is 12.1. The Labute approximate surface area is 188 Å². The first-order valence-electron chi connectivity index (χ1n) is 9.95. The highest BCUT2D eigenvalue weighted by Crippen LogP contribution is 2.17. The maximum atomic E-state index is 14.0. The van der Waals surface area contributed by atoms with Gasteiger partial charge in [-0.25, -0.2) is 12.8 Å². The first kappa shape index (κ1) is 25.2. The van der Waals surface area contributed by atoms with Crippen molar-refractivity contribution < 1.29 is 22.3 Å². The van der Waals surface area contributed by atoms with Crippen molar-refractivity contribution in [2.75, 3.05) is 32.2 Å². The fourth-order valence-electron chi connectivity index (χ4n) is 2.96. The molecule has 0 fully saturated rings. The minimum atomic E-state index is -4.17. The summed E-state index contributed by atoms with van der Waals surface area (Å²) >= 11 is 1.50. The lowest BCUT2D eigenvalue weighted by atomic mass is 10.2. The molecular weight excluding hydrogens is 439 g/mol. The van der Waals surface area contributed by atoms with Gasteiger partial charge in [-0.05, 0) is 55.5 Å². The molecule has 1 amide bonds. The van der Waals surface area contributed by atoms with Gasteiger partial charge in [0.25, 0.3) is 0 Å². The number of halogens is 1. The van der Waals surface area contributed by atoms with Crippen LogP contribution in [0.4, 0.5) is 4.39 Å². The number of hydrogen-bond donors (Lipinski definition) is 1. The predicted molar refractivity (Wildman–Crippen MR) is 122 cm³/mol. The Morgan fingerprint density at radius 2 is 1.87 bits per heavy atom. The Kier molecular flexibility index (Phi) is 9.80. The van der Waals surface area contributed by atoms with E-state index in [1.807, 2.05) is 37.4 Å². The van der Waals surface area contributed by atoms with Gasteiger partial charge >= 0.3 is 0 Å². The highest BCUT2D eigenvalue weighted by atomic mass is 32.2. The minimum absolute atomic E-state index is 0.303. The molecule has 0 spiro atoms. The maximum absolute atomic E-state index is 14.0. The van der Waals surface area contributed by atoms with Gasteiger partial charge in [0, 0.05) is 13.6 Å². The number of ether oxygens (including phenoxy) is 1. The number of sulfonamides is 1. The minimum Gasteiger partial charge on any atom is -0.493 e. The molecule has 0 bridgehead atoms. The summed E-state index contributed by atoms with van der Waals surface area (Å²) in [6.45, 7) is 2.80. The van der Waals surface area contributed by atoms with Gasteiger partial charge in [-0.3, -0.25) is 4.79 Å². The second-order valence-electron chi connectivity index (χ2n) is 7.11. The zero-order chi connectivity index (χ0) is 22.9. The summed E-state index contributed by atoms with van der Waals surface area (Å²) in [6.07, 6.45) is 2.77. The van der Waals surface area contributed by atoms with Crippen molar-refractivity contribution >= 4 is 27.7 Å². The number of para-hydroxylation sites is 1. The average Bonchev–Trinajstić information content (AvgIpc) is 2.74. The molecule has 0 aliphatic heterocycles. The molecule has 0 aliphatic carbocycles. The third-order valence-electron chi connectivity index (χ3n) is 4.70. The Hall–Kier alpha value is -2.10. The molecule has 1 unspecified atom stereocenters. The lowest BCUT2D eigenvalue weighted by Gasteiger charge is -2.24. The molecule has 1 atom stereocenters. The molecule has 9 heteroatoms. The van der Waals surface area contributed by atoms with Crippen LogP contribution in [0.3, 0.4) is 0 Å². The van der Waals surface area contributed by atoms with E-state index in [0.29, 0.717) is 31.7 Å². The number of benzene rings is 2. The third kappa shape index (κ3) is 7.52. The van der Waals surface area contributed by atoms with E-state index in [2.05, 4.69) is 4.72 Å².